The molecule has 8 nitrogen and oxygen atoms in total. The zero-order valence-electron chi connectivity index (χ0n) is 16.7. The van der Waals surface area contributed by atoms with Crippen molar-refractivity contribution in [3.05, 3.63) is 47.5 Å². The summed E-state index contributed by atoms with van der Waals surface area (Å²) >= 11 is 0. The van der Waals surface area contributed by atoms with Gasteiger partial charge in [0.15, 0.2) is 5.65 Å². The molecule has 2 atom stereocenters. The summed E-state index contributed by atoms with van der Waals surface area (Å²) in [6.45, 7) is 4.60. The van der Waals surface area contributed by atoms with Crippen molar-refractivity contribution in [2.75, 3.05) is 24.5 Å². The van der Waals surface area contributed by atoms with E-state index in [2.05, 4.69) is 16.8 Å². The normalized spacial score (nSPS) is 22.6. The fraction of sp³-hybridized carbons (Fsp3) is 0.476. The summed E-state index contributed by atoms with van der Waals surface area (Å²) in [5.41, 5.74) is 9.60. The van der Waals surface area contributed by atoms with Crippen LogP contribution in [0.15, 0.2) is 30.7 Å². The van der Waals surface area contributed by atoms with Gasteiger partial charge in [-0.15, -0.1) is 0 Å². The van der Waals surface area contributed by atoms with Crippen molar-refractivity contribution in [3.8, 4) is 0 Å². The van der Waals surface area contributed by atoms with Crippen LogP contribution in [0.4, 0.5) is 5.82 Å². The minimum Gasteiger partial charge on any atom is -0.367 e. The van der Waals surface area contributed by atoms with Gasteiger partial charge in [-0.3, -0.25) is 4.79 Å². The number of amides is 1. The van der Waals surface area contributed by atoms with Crippen molar-refractivity contribution in [2.24, 2.45) is 5.73 Å². The van der Waals surface area contributed by atoms with Crippen LogP contribution in [-0.2, 0) is 0 Å². The van der Waals surface area contributed by atoms with Gasteiger partial charge in [-0.1, -0.05) is 0 Å². The lowest BCUT2D eigenvalue weighted by molar-refractivity contribution is 0.0606. The molecule has 29 heavy (non-hydrogen) atoms. The summed E-state index contributed by atoms with van der Waals surface area (Å²) in [5.74, 6) is 1.05. The number of carbonyl (C=O) groups excluding carboxylic acids is 1. The molecular weight excluding hydrogens is 366 g/mol. The summed E-state index contributed by atoms with van der Waals surface area (Å²) in [6.07, 6.45) is 9.62. The van der Waals surface area contributed by atoms with E-state index in [0.29, 0.717) is 5.56 Å². The molecule has 3 aromatic rings. The highest BCUT2D eigenvalue weighted by molar-refractivity contribution is 5.94. The summed E-state index contributed by atoms with van der Waals surface area (Å²) in [5, 5.41) is 4.80. The molecule has 8 heteroatoms. The van der Waals surface area contributed by atoms with Crippen LogP contribution < -0.4 is 10.6 Å². The quantitative estimate of drug-likeness (QED) is 0.712. The number of anilines is 1. The topological polar surface area (TPSA) is 95.5 Å². The number of nitrogens with two attached hydrogens (primary N) is 1. The smallest absolute Gasteiger partial charge is 0.255 e. The van der Waals surface area contributed by atoms with Gasteiger partial charge in [-0.2, -0.15) is 5.10 Å². The maximum Gasteiger partial charge on any atom is 0.255 e. The molecule has 0 aromatic carbocycles. The molecule has 2 fully saturated rings. The van der Waals surface area contributed by atoms with E-state index >= 15 is 0 Å². The predicted octanol–water partition coefficient (Wildman–Crippen LogP) is 2.27. The van der Waals surface area contributed by atoms with Crippen LogP contribution in [0.1, 0.15) is 53.3 Å². The first-order chi connectivity index (χ1) is 14.1. The lowest BCUT2D eigenvalue weighted by Crippen LogP contribution is -2.38. The summed E-state index contributed by atoms with van der Waals surface area (Å²) in [4.78, 5) is 25.1. The van der Waals surface area contributed by atoms with E-state index in [1.165, 1.54) is 0 Å². The maximum atomic E-state index is 13.0. The molecule has 3 N–H and O–H groups in total. The van der Waals surface area contributed by atoms with Crippen LogP contribution in [0.2, 0.25) is 0 Å². The number of nitrogens with zero attached hydrogens (tertiary/aromatic N) is 5. The lowest BCUT2D eigenvalue weighted by atomic mass is 9.98. The molecule has 0 radical (unpaired) electrons. The number of H-pyrrole nitrogens is 1. The van der Waals surface area contributed by atoms with Gasteiger partial charge in [-0.25, -0.2) is 9.50 Å². The molecule has 0 spiro atoms. The van der Waals surface area contributed by atoms with E-state index in [-0.39, 0.29) is 18.0 Å². The van der Waals surface area contributed by atoms with Gasteiger partial charge in [0.05, 0.1) is 17.3 Å². The van der Waals surface area contributed by atoms with Crippen LogP contribution in [0.5, 0.6) is 0 Å². The van der Waals surface area contributed by atoms with Gasteiger partial charge in [0.25, 0.3) is 5.91 Å². The maximum absolute atomic E-state index is 13.0. The van der Waals surface area contributed by atoms with Crippen LogP contribution in [0.25, 0.3) is 5.65 Å². The number of aryl methyl sites for hydroxylation is 1. The number of hydrogen-bond acceptors (Lipinski definition) is 5. The fourth-order valence-electron chi connectivity index (χ4n) is 4.59. The van der Waals surface area contributed by atoms with Gasteiger partial charge < -0.3 is 20.5 Å². The Morgan fingerprint density at radius 1 is 1.28 bits per heavy atom. The molecule has 2 saturated heterocycles. The number of nitrogens with one attached hydrogen (secondary N) is 1. The van der Waals surface area contributed by atoms with Gasteiger partial charge in [0.2, 0.25) is 0 Å². The molecule has 0 bridgehead atoms. The Morgan fingerprint density at radius 3 is 2.93 bits per heavy atom. The van der Waals surface area contributed by atoms with Crippen molar-refractivity contribution in [1.29, 1.82) is 0 Å². The highest BCUT2D eigenvalue weighted by atomic mass is 16.2. The second kappa shape index (κ2) is 7.18. The number of fused-ring (bicyclic) bond motifs is 1. The van der Waals surface area contributed by atoms with Gasteiger partial charge in [-0.05, 0) is 38.7 Å². The van der Waals surface area contributed by atoms with E-state index in [1.807, 2.05) is 27.7 Å². The second-order valence-electron chi connectivity index (χ2n) is 8.22. The Kier molecular flexibility index (Phi) is 4.50. The van der Waals surface area contributed by atoms with E-state index in [9.17, 15) is 4.79 Å². The van der Waals surface area contributed by atoms with E-state index < -0.39 is 0 Å². The van der Waals surface area contributed by atoms with Crippen molar-refractivity contribution in [1.82, 2.24) is 24.5 Å². The Balaban J connectivity index is 1.48. The highest BCUT2D eigenvalue weighted by Gasteiger charge is 2.31. The van der Waals surface area contributed by atoms with Gasteiger partial charge >= 0.3 is 0 Å². The largest absolute Gasteiger partial charge is 0.367 e. The Bertz CT molecular complexity index is 1030. The van der Waals surface area contributed by atoms with Crippen molar-refractivity contribution < 1.29 is 4.79 Å². The zero-order valence-corrected chi connectivity index (χ0v) is 16.7. The van der Waals surface area contributed by atoms with Crippen molar-refractivity contribution >= 4 is 17.4 Å². The SMILES string of the molecule is Cc1cn2nc([C@@H]3CCCCN3C(=O)c3cc[nH]c3)cc2nc1N1CC[C@H](N)C1. The van der Waals surface area contributed by atoms with E-state index in [0.717, 1.165) is 68.0 Å². The van der Waals surface area contributed by atoms with Crippen molar-refractivity contribution in [2.45, 2.75) is 44.7 Å². The molecule has 5 rings (SSSR count). The third-order valence-corrected chi connectivity index (χ3v) is 6.10. The Morgan fingerprint density at radius 2 is 2.17 bits per heavy atom. The lowest BCUT2D eigenvalue weighted by Gasteiger charge is -2.34. The number of rotatable bonds is 3. The third-order valence-electron chi connectivity index (χ3n) is 6.10. The number of carbonyl (C=O) groups is 1. The molecular formula is C21H27N7O. The highest BCUT2D eigenvalue weighted by Crippen LogP contribution is 2.32. The van der Waals surface area contributed by atoms with Crippen LogP contribution in [0, 0.1) is 6.92 Å². The molecule has 0 saturated carbocycles. The van der Waals surface area contributed by atoms with Gasteiger partial charge in [0.1, 0.15) is 5.82 Å². The summed E-state index contributed by atoms with van der Waals surface area (Å²) < 4.78 is 1.84. The molecule has 1 amide bonds. The molecule has 152 valence electrons. The zero-order chi connectivity index (χ0) is 20.0. The molecule has 2 aliphatic rings. The first-order valence-corrected chi connectivity index (χ1v) is 10.4. The monoisotopic (exact) mass is 393 g/mol. The first kappa shape index (κ1) is 18.2. The van der Waals surface area contributed by atoms with Gasteiger partial charge in [0, 0.05) is 55.9 Å². The molecule has 2 aliphatic heterocycles. The Labute approximate surface area is 169 Å². The number of aromatic nitrogens is 4. The summed E-state index contributed by atoms with van der Waals surface area (Å²) in [7, 11) is 0. The summed E-state index contributed by atoms with van der Waals surface area (Å²) in [6, 6.07) is 4.06. The average molecular weight is 393 g/mol. The average Bonchev–Trinajstić information content (AvgIpc) is 3.47. The molecule has 0 aliphatic carbocycles. The van der Waals surface area contributed by atoms with Crippen LogP contribution >= 0.6 is 0 Å². The van der Waals surface area contributed by atoms with E-state index in [1.54, 1.807) is 12.4 Å². The first-order valence-electron chi connectivity index (χ1n) is 10.4. The minimum absolute atomic E-state index is 0.0168. The van der Waals surface area contributed by atoms with Crippen LogP contribution in [-0.4, -0.2) is 56.1 Å². The molecule has 3 aromatic heterocycles. The van der Waals surface area contributed by atoms with Crippen molar-refractivity contribution in [3.63, 3.8) is 0 Å². The number of hydrogen-bond donors (Lipinski definition) is 2. The third kappa shape index (κ3) is 3.27. The molecule has 0 unspecified atom stereocenters. The number of aromatic amines is 1. The second-order valence-corrected chi connectivity index (χ2v) is 8.22. The molecule has 5 heterocycles. The fourth-order valence-corrected chi connectivity index (χ4v) is 4.59. The number of likely N-dealkylation sites (tertiary alicyclic amines) is 1. The predicted molar refractivity (Wildman–Crippen MR) is 111 cm³/mol. The van der Waals surface area contributed by atoms with E-state index in [4.69, 9.17) is 15.8 Å². The minimum atomic E-state index is -0.0168. The van der Waals surface area contributed by atoms with Crippen LogP contribution in [0.3, 0.4) is 0 Å². The Hall–Kier alpha value is -2.87. The number of piperidine rings is 1. The standard InChI is InChI=1S/C21H27N7O/c1-14-12-28-19(24-20(14)26-9-6-16(22)13-26)10-17(25-28)18-4-2-3-8-27(18)21(29)15-5-7-23-11-15/h5,7,10-12,16,18,23H,2-4,6,8-9,13,22H2,1H3/t16-,18-/m0/s1.